The number of benzene rings is 1. The first-order valence-corrected chi connectivity index (χ1v) is 4.86. The third kappa shape index (κ3) is 4.42. The minimum absolute atomic E-state index is 0.287. The summed E-state index contributed by atoms with van der Waals surface area (Å²) in [6.45, 7) is 1.10. The van der Waals surface area contributed by atoms with E-state index in [1.54, 1.807) is 12.1 Å². The zero-order chi connectivity index (χ0) is 10.9. The molecule has 0 heterocycles. The van der Waals surface area contributed by atoms with Gasteiger partial charge in [0.25, 0.3) is 0 Å². The molecule has 0 spiro atoms. The third-order valence-corrected chi connectivity index (χ3v) is 1.81. The molecule has 0 fully saturated rings. The van der Waals surface area contributed by atoms with E-state index in [1.165, 1.54) is 0 Å². The molecule has 0 radical (unpaired) electrons. The Labute approximate surface area is 89.8 Å². The predicted molar refractivity (Wildman–Crippen MR) is 59.8 cm³/mol. The molecule has 0 saturated carbocycles. The van der Waals surface area contributed by atoms with Crippen LogP contribution >= 0.6 is 0 Å². The Hall–Kier alpha value is -1.61. The fourth-order valence-electron chi connectivity index (χ4n) is 1.05. The first-order valence-electron chi connectivity index (χ1n) is 4.86. The molecule has 0 aliphatic rings. The fourth-order valence-corrected chi connectivity index (χ4v) is 1.05. The maximum absolute atomic E-state index is 11.4. The highest BCUT2D eigenvalue weighted by molar-refractivity contribution is 5.89. The van der Waals surface area contributed by atoms with E-state index < -0.39 is 0 Å². The van der Waals surface area contributed by atoms with Crippen molar-refractivity contribution in [1.29, 1.82) is 0 Å². The summed E-state index contributed by atoms with van der Waals surface area (Å²) in [5, 5.41) is 2.96. The Kier molecular flexibility index (Phi) is 5.19. The Morgan fingerprint density at radius 2 is 2.07 bits per heavy atom. The third-order valence-electron chi connectivity index (χ3n) is 1.81. The van der Waals surface area contributed by atoms with E-state index in [9.17, 15) is 4.79 Å². The highest BCUT2D eigenvalue weighted by Crippen LogP contribution is 2.00. The molecule has 3 nitrogen and oxygen atoms in total. The summed E-state index contributed by atoms with van der Waals surface area (Å²) >= 11 is 0. The molecule has 0 amide bonds. The standard InChI is InChI=1S/C12H15NO2/c1-13-9-5-6-10-15-12(14)11-7-3-2-4-8-11/h2-8,13H,9-10H2,1H3/b6-5+. The number of rotatable bonds is 5. The normalized spacial score (nSPS) is 10.5. The minimum Gasteiger partial charge on any atom is -0.458 e. The molecule has 0 aliphatic heterocycles. The van der Waals surface area contributed by atoms with Crippen molar-refractivity contribution >= 4 is 5.97 Å². The monoisotopic (exact) mass is 205 g/mol. The predicted octanol–water partition coefficient (Wildman–Crippen LogP) is 1.62. The van der Waals surface area contributed by atoms with Gasteiger partial charge in [0.15, 0.2) is 0 Å². The molecule has 80 valence electrons. The summed E-state index contributed by atoms with van der Waals surface area (Å²) in [5.41, 5.74) is 0.583. The zero-order valence-electron chi connectivity index (χ0n) is 8.77. The minimum atomic E-state index is -0.287. The second-order valence-electron chi connectivity index (χ2n) is 2.99. The van der Waals surface area contributed by atoms with Crippen LogP contribution in [0.3, 0.4) is 0 Å². The van der Waals surface area contributed by atoms with Crippen molar-refractivity contribution in [3.05, 3.63) is 48.0 Å². The smallest absolute Gasteiger partial charge is 0.338 e. The first-order chi connectivity index (χ1) is 7.34. The van der Waals surface area contributed by atoms with E-state index in [0.29, 0.717) is 12.2 Å². The van der Waals surface area contributed by atoms with E-state index in [0.717, 1.165) is 6.54 Å². The van der Waals surface area contributed by atoms with E-state index >= 15 is 0 Å². The van der Waals surface area contributed by atoms with Gasteiger partial charge in [-0.3, -0.25) is 0 Å². The van der Waals surface area contributed by atoms with Crippen LogP contribution < -0.4 is 5.32 Å². The van der Waals surface area contributed by atoms with Crippen LogP contribution in [0.15, 0.2) is 42.5 Å². The number of carbonyl (C=O) groups excluding carboxylic acids is 1. The summed E-state index contributed by atoms with van der Waals surface area (Å²) in [7, 11) is 1.86. The average Bonchev–Trinajstić information content (AvgIpc) is 2.30. The maximum atomic E-state index is 11.4. The summed E-state index contributed by atoms with van der Waals surface area (Å²) in [4.78, 5) is 11.4. The van der Waals surface area contributed by atoms with Gasteiger partial charge >= 0.3 is 5.97 Å². The lowest BCUT2D eigenvalue weighted by Crippen LogP contribution is -2.06. The second-order valence-corrected chi connectivity index (χ2v) is 2.99. The number of hydrogen-bond acceptors (Lipinski definition) is 3. The Morgan fingerprint density at radius 3 is 2.73 bits per heavy atom. The van der Waals surface area contributed by atoms with Crippen LogP contribution in [0.2, 0.25) is 0 Å². The van der Waals surface area contributed by atoms with Gasteiger partial charge in [-0.2, -0.15) is 0 Å². The van der Waals surface area contributed by atoms with Crippen molar-refractivity contribution in [2.24, 2.45) is 0 Å². The number of ether oxygens (including phenoxy) is 1. The number of nitrogens with one attached hydrogen (secondary N) is 1. The number of likely N-dealkylation sites (N-methyl/N-ethyl adjacent to an activating group) is 1. The Bertz CT molecular complexity index is 320. The van der Waals surface area contributed by atoms with Crippen LogP contribution in [-0.4, -0.2) is 26.2 Å². The van der Waals surface area contributed by atoms with Gasteiger partial charge in [-0.1, -0.05) is 24.3 Å². The highest BCUT2D eigenvalue weighted by Gasteiger charge is 2.03. The summed E-state index contributed by atoms with van der Waals surface area (Å²) < 4.78 is 5.02. The molecule has 0 unspecified atom stereocenters. The zero-order valence-corrected chi connectivity index (χ0v) is 8.77. The maximum Gasteiger partial charge on any atom is 0.338 e. The summed E-state index contributed by atoms with van der Waals surface area (Å²) in [6, 6.07) is 8.96. The Morgan fingerprint density at radius 1 is 1.33 bits per heavy atom. The van der Waals surface area contributed by atoms with Crippen LogP contribution in [0.4, 0.5) is 0 Å². The molecule has 15 heavy (non-hydrogen) atoms. The molecule has 1 rings (SSSR count). The molecular weight excluding hydrogens is 190 g/mol. The van der Waals surface area contributed by atoms with Crippen molar-refractivity contribution in [3.8, 4) is 0 Å². The molecule has 1 aromatic carbocycles. The van der Waals surface area contributed by atoms with E-state index in [-0.39, 0.29) is 5.97 Å². The van der Waals surface area contributed by atoms with E-state index in [4.69, 9.17) is 4.74 Å². The van der Waals surface area contributed by atoms with Crippen molar-refractivity contribution in [2.45, 2.75) is 0 Å². The highest BCUT2D eigenvalue weighted by atomic mass is 16.5. The lowest BCUT2D eigenvalue weighted by Gasteiger charge is -2.00. The van der Waals surface area contributed by atoms with Crippen molar-refractivity contribution in [2.75, 3.05) is 20.2 Å². The molecule has 1 N–H and O–H groups in total. The molecule has 0 bridgehead atoms. The van der Waals surface area contributed by atoms with Crippen LogP contribution in [-0.2, 0) is 4.74 Å². The molecular formula is C12H15NO2. The molecule has 1 aromatic rings. The van der Waals surface area contributed by atoms with Crippen molar-refractivity contribution in [3.63, 3.8) is 0 Å². The van der Waals surface area contributed by atoms with Gasteiger partial charge in [0.2, 0.25) is 0 Å². The summed E-state index contributed by atoms with van der Waals surface area (Å²) in [5.74, 6) is -0.287. The lowest BCUT2D eigenvalue weighted by atomic mass is 10.2. The average molecular weight is 205 g/mol. The largest absolute Gasteiger partial charge is 0.458 e. The second kappa shape index (κ2) is 6.79. The van der Waals surface area contributed by atoms with Gasteiger partial charge in [-0.25, -0.2) is 4.79 Å². The molecule has 0 aliphatic carbocycles. The van der Waals surface area contributed by atoms with Gasteiger partial charge in [-0.05, 0) is 25.3 Å². The quantitative estimate of drug-likeness (QED) is 0.586. The lowest BCUT2D eigenvalue weighted by molar-refractivity contribution is 0.0549. The van der Waals surface area contributed by atoms with Crippen LogP contribution in [0.25, 0.3) is 0 Å². The van der Waals surface area contributed by atoms with Crippen molar-refractivity contribution < 1.29 is 9.53 Å². The number of carbonyl (C=O) groups is 1. The topological polar surface area (TPSA) is 38.3 Å². The number of esters is 1. The number of hydrogen-bond donors (Lipinski definition) is 1. The molecule has 3 heteroatoms. The SMILES string of the molecule is CNC/C=C/COC(=O)c1ccccc1. The van der Waals surface area contributed by atoms with Gasteiger partial charge < -0.3 is 10.1 Å². The van der Waals surface area contributed by atoms with Crippen LogP contribution in [0, 0.1) is 0 Å². The van der Waals surface area contributed by atoms with Gasteiger partial charge in [0.05, 0.1) is 5.56 Å². The molecule has 0 atom stereocenters. The summed E-state index contributed by atoms with van der Waals surface area (Å²) in [6.07, 6.45) is 3.73. The Balaban J connectivity index is 2.31. The fraction of sp³-hybridized carbons (Fsp3) is 0.250. The van der Waals surface area contributed by atoms with Gasteiger partial charge in [0.1, 0.15) is 6.61 Å². The first kappa shape index (κ1) is 11.5. The molecule has 0 saturated heterocycles. The van der Waals surface area contributed by atoms with Gasteiger partial charge in [-0.15, -0.1) is 0 Å². The van der Waals surface area contributed by atoms with Crippen LogP contribution in [0.5, 0.6) is 0 Å². The molecule has 0 aromatic heterocycles. The van der Waals surface area contributed by atoms with Gasteiger partial charge in [0, 0.05) is 6.54 Å². The van der Waals surface area contributed by atoms with Crippen molar-refractivity contribution in [1.82, 2.24) is 5.32 Å². The van der Waals surface area contributed by atoms with Crippen LogP contribution in [0.1, 0.15) is 10.4 Å². The van der Waals surface area contributed by atoms with E-state index in [1.807, 2.05) is 37.4 Å². The van der Waals surface area contributed by atoms with E-state index in [2.05, 4.69) is 5.32 Å².